The average molecular weight is 295 g/mol. The summed E-state index contributed by atoms with van der Waals surface area (Å²) in [6.45, 7) is 3.68. The second kappa shape index (κ2) is 7.62. The van der Waals surface area contributed by atoms with Gasteiger partial charge in [0.2, 0.25) is 5.91 Å². The number of benzene rings is 1. The Morgan fingerprint density at radius 2 is 1.95 bits per heavy atom. The summed E-state index contributed by atoms with van der Waals surface area (Å²) >= 11 is 0. The summed E-state index contributed by atoms with van der Waals surface area (Å²) in [6.07, 6.45) is 2.49. The number of sulfone groups is 1. The number of nitrogens with zero attached hydrogens (tertiary/aromatic N) is 1. The van der Waals surface area contributed by atoms with Crippen molar-refractivity contribution in [3.63, 3.8) is 0 Å². The molecule has 1 N–H and O–H groups in total. The summed E-state index contributed by atoms with van der Waals surface area (Å²) < 4.78 is 23.9. The molecule has 0 bridgehead atoms. The largest absolute Gasteiger partial charge is 0.395 e. The average Bonchev–Trinajstić information content (AvgIpc) is 2.45. The van der Waals surface area contributed by atoms with Crippen LogP contribution in [0.4, 0.5) is 0 Å². The number of carbonyl (C=O) groups excluding carboxylic acids is 1. The lowest BCUT2D eigenvalue weighted by Gasteiger charge is -2.17. The summed E-state index contributed by atoms with van der Waals surface area (Å²) in [7, 11) is -3.64. The predicted molar refractivity (Wildman–Crippen MR) is 76.6 cm³/mol. The first-order valence-electron chi connectivity index (χ1n) is 6.00. The Bertz CT molecular complexity index is 578. The maximum atomic E-state index is 11.9. The molecule has 5 nitrogen and oxygen atoms in total. The Labute approximate surface area is 118 Å². The van der Waals surface area contributed by atoms with Gasteiger partial charge in [-0.3, -0.25) is 4.79 Å². The highest BCUT2D eigenvalue weighted by Gasteiger charge is 2.12. The van der Waals surface area contributed by atoms with Gasteiger partial charge >= 0.3 is 0 Å². The zero-order chi connectivity index (χ0) is 15.0. The Morgan fingerprint density at radius 1 is 1.30 bits per heavy atom. The van der Waals surface area contributed by atoms with E-state index < -0.39 is 15.7 Å². The standard InChI is InChI=1S/C14H17NO4S/c1-2-9-15(10-11-16)14(17)8-12-20(18,19)13-6-4-3-5-7-13/h2-8,12,16H,1,9-11H2/b12-8+. The Morgan fingerprint density at radius 3 is 2.50 bits per heavy atom. The van der Waals surface area contributed by atoms with Crippen molar-refractivity contribution in [3.05, 3.63) is 54.5 Å². The molecule has 6 heteroatoms. The van der Waals surface area contributed by atoms with E-state index in [1.807, 2.05) is 0 Å². The van der Waals surface area contributed by atoms with Gasteiger partial charge in [-0.25, -0.2) is 8.42 Å². The van der Waals surface area contributed by atoms with Crippen molar-refractivity contribution in [2.45, 2.75) is 4.90 Å². The van der Waals surface area contributed by atoms with Gasteiger partial charge in [0.25, 0.3) is 0 Å². The van der Waals surface area contributed by atoms with Crippen LogP contribution >= 0.6 is 0 Å². The lowest BCUT2D eigenvalue weighted by Crippen LogP contribution is -2.32. The van der Waals surface area contributed by atoms with E-state index in [9.17, 15) is 13.2 Å². The van der Waals surface area contributed by atoms with E-state index in [1.165, 1.54) is 23.1 Å². The molecule has 1 amide bonds. The van der Waals surface area contributed by atoms with E-state index in [-0.39, 0.29) is 24.6 Å². The van der Waals surface area contributed by atoms with Crippen molar-refractivity contribution in [3.8, 4) is 0 Å². The Balaban J connectivity index is 2.85. The SMILES string of the molecule is C=CCN(CCO)C(=O)/C=C/S(=O)(=O)c1ccccc1. The van der Waals surface area contributed by atoms with Gasteiger partial charge in [0.15, 0.2) is 9.84 Å². The molecular formula is C14H17NO4S. The number of amides is 1. The number of carbonyl (C=O) groups is 1. The fourth-order valence-electron chi connectivity index (χ4n) is 1.51. The van der Waals surface area contributed by atoms with Crippen LogP contribution in [0.3, 0.4) is 0 Å². The van der Waals surface area contributed by atoms with Crippen LogP contribution in [-0.2, 0) is 14.6 Å². The van der Waals surface area contributed by atoms with E-state index in [4.69, 9.17) is 5.11 Å². The Kier molecular flexibility index (Phi) is 6.14. The van der Waals surface area contributed by atoms with Crippen molar-refractivity contribution < 1.29 is 18.3 Å². The van der Waals surface area contributed by atoms with Gasteiger partial charge in [0, 0.05) is 24.6 Å². The third-order valence-electron chi connectivity index (χ3n) is 2.49. The second-order valence-electron chi connectivity index (χ2n) is 3.96. The molecule has 0 aliphatic heterocycles. The molecule has 0 saturated carbocycles. The van der Waals surface area contributed by atoms with E-state index in [2.05, 4.69) is 6.58 Å². The summed E-state index contributed by atoms with van der Waals surface area (Å²) in [5.74, 6) is -0.488. The first kappa shape index (κ1) is 16.1. The summed E-state index contributed by atoms with van der Waals surface area (Å²) in [4.78, 5) is 13.2. The van der Waals surface area contributed by atoms with Gasteiger partial charge in [-0.1, -0.05) is 24.3 Å². The summed E-state index contributed by atoms with van der Waals surface area (Å²) in [6, 6.07) is 7.84. The number of hydrogen-bond acceptors (Lipinski definition) is 4. The molecule has 20 heavy (non-hydrogen) atoms. The zero-order valence-corrected chi connectivity index (χ0v) is 11.8. The minimum Gasteiger partial charge on any atom is -0.395 e. The van der Waals surface area contributed by atoms with E-state index in [0.717, 1.165) is 11.5 Å². The van der Waals surface area contributed by atoms with Crippen LogP contribution in [0.1, 0.15) is 0 Å². The maximum Gasteiger partial charge on any atom is 0.247 e. The number of hydrogen-bond donors (Lipinski definition) is 1. The molecule has 0 atom stereocenters. The van der Waals surface area contributed by atoms with Gasteiger partial charge in [0.1, 0.15) is 0 Å². The molecule has 1 aromatic rings. The summed E-state index contributed by atoms with van der Waals surface area (Å²) in [5.41, 5.74) is 0. The monoisotopic (exact) mass is 295 g/mol. The van der Waals surface area contributed by atoms with E-state index in [1.54, 1.807) is 18.2 Å². The van der Waals surface area contributed by atoms with Gasteiger partial charge in [-0.15, -0.1) is 6.58 Å². The molecule has 0 heterocycles. The van der Waals surface area contributed by atoms with Crippen LogP contribution in [0, 0.1) is 0 Å². The number of aliphatic hydroxyl groups excluding tert-OH is 1. The van der Waals surface area contributed by atoms with Crippen molar-refractivity contribution >= 4 is 15.7 Å². The molecule has 0 radical (unpaired) electrons. The molecule has 1 rings (SSSR count). The van der Waals surface area contributed by atoms with Crippen LogP contribution in [0.25, 0.3) is 0 Å². The highest BCUT2D eigenvalue weighted by molar-refractivity contribution is 7.94. The molecule has 108 valence electrons. The van der Waals surface area contributed by atoms with Crippen molar-refractivity contribution in [2.75, 3.05) is 19.7 Å². The molecule has 0 aliphatic carbocycles. The normalized spacial score (nSPS) is 11.4. The van der Waals surface area contributed by atoms with Gasteiger partial charge in [0.05, 0.1) is 11.5 Å². The van der Waals surface area contributed by atoms with Crippen LogP contribution < -0.4 is 0 Å². The third kappa shape index (κ3) is 4.64. The Hall–Kier alpha value is -1.92. The molecular weight excluding hydrogens is 278 g/mol. The molecule has 0 aromatic heterocycles. The fourth-order valence-corrected chi connectivity index (χ4v) is 2.50. The topological polar surface area (TPSA) is 74.7 Å². The second-order valence-corrected chi connectivity index (χ2v) is 5.79. The van der Waals surface area contributed by atoms with Gasteiger partial charge < -0.3 is 10.0 Å². The maximum absolute atomic E-state index is 11.9. The van der Waals surface area contributed by atoms with Crippen LogP contribution in [0.15, 0.2) is 59.4 Å². The summed E-state index contributed by atoms with van der Waals surface area (Å²) in [5, 5.41) is 9.72. The van der Waals surface area contributed by atoms with Crippen LogP contribution in [-0.4, -0.2) is 44.0 Å². The first-order chi connectivity index (χ1) is 9.51. The van der Waals surface area contributed by atoms with Crippen molar-refractivity contribution in [2.24, 2.45) is 0 Å². The van der Waals surface area contributed by atoms with E-state index in [0.29, 0.717) is 0 Å². The smallest absolute Gasteiger partial charge is 0.247 e. The minimum absolute atomic E-state index is 0.126. The minimum atomic E-state index is -3.64. The molecule has 0 aliphatic rings. The third-order valence-corrected chi connectivity index (χ3v) is 3.92. The highest BCUT2D eigenvalue weighted by atomic mass is 32.2. The zero-order valence-electron chi connectivity index (χ0n) is 11.0. The van der Waals surface area contributed by atoms with Gasteiger partial charge in [-0.05, 0) is 12.1 Å². The quantitative estimate of drug-likeness (QED) is 0.601. The fraction of sp³-hybridized carbons (Fsp3) is 0.214. The molecule has 0 fully saturated rings. The van der Waals surface area contributed by atoms with Crippen molar-refractivity contribution in [1.29, 1.82) is 0 Å². The predicted octanol–water partition coefficient (Wildman–Crippen LogP) is 0.981. The van der Waals surface area contributed by atoms with Crippen LogP contribution in [0.5, 0.6) is 0 Å². The number of rotatable bonds is 7. The van der Waals surface area contributed by atoms with E-state index >= 15 is 0 Å². The molecule has 1 aromatic carbocycles. The molecule has 0 unspecified atom stereocenters. The lowest BCUT2D eigenvalue weighted by molar-refractivity contribution is -0.126. The molecule has 0 spiro atoms. The van der Waals surface area contributed by atoms with Crippen LogP contribution in [0.2, 0.25) is 0 Å². The molecule has 0 saturated heterocycles. The highest BCUT2D eigenvalue weighted by Crippen LogP contribution is 2.11. The first-order valence-corrected chi connectivity index (χ1v) is 7.55. The lowest BCUT2D eigenvalue weighted by atomic mass is 10.4. The number of aliphatic hydroxyl groups is 1. The van der Waals surface area contributed by atoms with Crippen molar-refractivity contribution in [1.82, 2.24) is 4.90 Å². The van der Waals surface area contributed by atoms with Gasteiger partial charge in [-0.2, -0.15) is 0 Å².